The molecule has 1 aromatic carbocycles. The van der Waals surface area contributed by atoms with Crippen LogP contribution >= 0.6 is 0 Å². The van der Waals surface area contributed by atoms with E-state index in [1.807, 2.05) is 6.92 Å². The van der Waals surface area contributed by atoms with E-state index in [0.29, 0.717) is 12.1 Å². The summed E-state index contributed by atoms with van der Waals surface area (Å²) >= 11 is 0. The number of hydrogen-bond acceptors (Lipinski definition) is 2. The fourth-order valence-electron chi connectivity index (χ4n) is 1.89. The Morgan fingerprint density at radius 2 is 2.05 bits per heavy atom. The van der Waals surface area contributed by atoms with Gasteiger partial charge in [-0.2, -0.15) is 13.2 Å². The maximum atomic E-state index is 13.2. The van der Waals surface area contributed by atoms with Gasteiger partial charge in [0, 0.05) is 19.6 Å². The molecule has 0 spiro atoms. The predicted octanol–water partition coefficient (Wildman–Crippen LogP) is 4.23. The minimum Gasteiger partial charge on any atom is -0.372 e. The first-order chi connectivity index (χ1) is 9.92. The third-order valence-corrected chi connectivity index (χ3v) is 2.90. The molecule has 0 bridgehead atoms. The second-order valence-corrected chi connectivity index (χ2v) is 4.84. The van der Waals surface area contributed by atoms with Crippen LogP contribution in [0.1, 0.15) is 37.9 Å². The molecule has 1 atom stereocenters. The summed E-state index contributed by atoms with van der Waals surface area (Å²) in [6.45, 7) is 3.23. The summed E-state index contributed by atoms with van der Waals surface area (Å²) in [5.41, 5.74) is 0.630. The van der Waals surface area contributed by atoms with Gasteiger partial charge in [0.1, 0.15) is 5.82 Å². The molecule has 0 radical (unpaired) electrons. The molecule has 0 fully saturated rings. The topological polar surface area (TPSA) is 21.3 Å². The van der Waals surface area contributed by atoms with Crippen LogP contribution in [0, 0.1) is 5.82 Å². The molecule has 0 saturated heterocycles. The largest absolute Gasteiger partial charge is 0.389 e. The lowest BCUT2D eigenvalue weighted by Crippen LogP contribution is -2.24. The van der Waals surface area contributed by atoms with E-state index in [1.54, 1.807) is 12.1 Å². The number of rotatable bonds is 9. The van der Waals surface area contributed by atoms with Crippen LogP contribution in [-0.2, 0) is 4.74 Å². The van der Waals surface area contributed by atoms with Crippen LogP contribution in [0.15, 0.2) is 24.3 Å². The van der Waals surface area contributed by atoms with Crippen LogP contribution < -0.4 is 5.32 Å². The van der Waals surface area contributed by atoms with E-state index in [2.05, 4.69) is 5.32 Å². The summed E-state index contributed by atoms with van der Waals surface area (Å²) in [5.74, 6) is -0.383. The number of ether oxygens (including phenoxy) is 1. The zero-order valence-corrected chi connectivity index (χ0v) is 12.0. The van der Waals surface area contributed by atoms with Crippen molar-refractivity contribution in [3.8, 4) is 0 Å². The molecule has 1 rings (SSSR count). The number of hydrogen-bond donors (Lipinski definition) is 1. The summed E-state index contributed by atoms with van der Waals surface area (Å²) in [6.07, 6.45) is -4.64. The molecular weight excluding hydrogens is 286 g/mol. The molecule has 6 heteroatoms. The number of alkyl halides is 3. The lowest BCUT2D eigenvalue weighted by atomic mass is 10.1. The van der Waals surface area contributed by atoms with E-state index in [9.17, 15) is 17.6 Å². The van der Waals surface area contributed by atoms with Crippen LogP contribution in [0.2, 0.25) is 0 Å². The highest BCUT2D eigenvalue weighted by Gasteiger charge is 2.26. The maximum absolute atomic E-state index is 13.2. The Bertz CT molecular complexity index is 409. The molecule has 0 heterocycles. The molecule has 0 aliphatic rings. The van der Waals surface area contributed by atoms with Crippen LogP contribution in [-0.4, -0.2) is 25.9 Å². The second-order valence-electron chi connectivity index (χ2n) is 4.84. The van der Waals surface area contributed by atoms with Crippen LogP contribution in [0.25, 0.3) is 0 Å². The van der Waals surface area contributed by atoms with Gasteiger partial charge in [0.15, 0.2) is 0 Å². The van der Waals surface area contributed by atoms with Crippen LogP contribution in [0.5, 0.6) is 0 Å². The van der Waals surface area contributed by atoms with Crippen molar-refractivity contribution in [3.63, 3.8) is 0 Å². The Morgan fingerprint density at radius 1 is 1.29 bits per heavy atom. The fraction of sp³-hybridized carbons (Fsp3) is 0.600. The Morgan fingerprint density at radius 3 is 2.67 bits per heavy atom. The zero-order valence-electron chi connectivity index (χ0n) is 12.0. The molecule has 0 aliphatic heterocycles. The smallest absolute Gasteiger partial charge is 0.372 e. The van der Waals surface area contributed by atoms with Crippen molar-refractivity contribution in [1.82, 2.24) is 5.32 Å². The average Bonchev–Trinajstić information content (AvgIpc) is 2.40. The first-order valence-electron chi connectivity index (χ1n) is 7.07. The van der Waals surface area contributed by atoms with E-state index in [0.717, 1.165) is 13.0 Å². The van der Waals surface area contributed by atoms with Crippen LogP contribution in [0.3, 0.4) is 0 Å². The molecule has 1 aromatic rings. The van der Waals surface area contributed by atoms with Gasteiger partial charge >= 0.3 is 6.18 Å². The summed E-state index contributed by atoms with van der Waals surface area (Å²) in [4.78, 5) is 0. The lowest BCUT2D eigenvalue weighted by molar-refractivity contribution is -0.138. The van der Waals surface area contributed by atoms with Gasteiger partial charge in [0.05, 0.1) is 6.10 Å². The van der Waals surface area contributed by atoms with Gasteiger partial charge in [-0.25, -0.2) is 4.39 Å². The molecule has 120 valence electrons. The van der Waals surface area contributed by atoms with E-state index in [1.165, 1.54) is 12.1 Å². The molecule has 0 saturated carbocycles. The molecular formula is C15H21F4NO. The Hall–Kier alpha value is -1.14. The maximum Gasteiger partial charge on any atom is 0.389 e. The Labute approximate surface area is 122 Å². The lowest BCUT2D eigenvalue weighted by Gasteiger charge is -2.19. The van der Waals surface area contributed by atoms with Gasteiger partial charge < -0.3 is 10.1 Å². The van der Waals surface area contributed by atoms with Crippen molar-refractivity contribution >= 4 is 0 Å². The number of benzene rings is 1. The fourth-order valence-corrected chi connectivity index (χ4v) is 1.89. The number of nitrogens with one attached hydrogen (secondary N) is 1. The molecule has 2 nitrogen and oxygen atoms in total. The standard InChI is InChI=1S/C15H21F4NO/c1-2-8-20-11-14(12-5-3-6-13(16)10-12)21-9-4-7-15(17,18)19/h3,5-6,10,14,20H,2,4,7-9,11H2,1H3. The second kappa shape index (κ2) is 9.00. The molecule has 1 unspecified atom stereocenters. The first kappa shape index (κ1) is 17.9. The van der Waals surface area contributed by atoms with Crippen molar-refractivity contribution < 1.29 is 22.3 Å². The third kappa shape index (κ3) is 8.02. The molecule has 0 amide bonds. The van der Waals surface area contributed by atoms with E-state index < -0.39 is 18.7 Å². The molecule has 0 aromatic heterocycles. The van der Waals surface area contributed by atoms with Gasteiger partial charge in [-0.05, 0) is 37.1 Å². The third-order valence-electron chi connectivity index (χ3n) is 2.90. The highest BCUT2D eigenvalue weighted by molar-refractivity contribution is 5.19. The minimum absolute atomic E-state index is 0.00546. The molecule has 1 N–H and O–H groups in total. The summed E-state index contributed by atoms with van der Waals surface area (Å²) in [5, 5.41) is 3.14. The Balaban J connectivity index is 2.52. The quantitative estimate of drug-likeness (QED) is 0.544. The summed E-state index contributed by atoms with van der Waals surface area (Å²) in [6, 6.07) is 5.95. The highest BCUT2D eigenvalue weighted by Crippen LogP contribution is 2.23. The first-order valence-corrected chi connectivity index (χ1v) is 7.07. The summed E-state index contributed by atoms with van der Waals surface area (Å²) in [7, 11) is 0. The predicted molar refractivity (Wildman–Crippen MR) is 73.5 cm³/mol. The van der Waals surface area contributed by atoms with Crippen molar-refractivity contribution in [3.05, 3.63) is 35.6 Å². The van der Waals surface area contributed by atoms with Gasteiger partial charge in [0.25, 0.3) is 0 Å². The molecule has 21 heavy (non-hydrogen) atoms. The van der Waals surface area contributed by atoms with Gasteiger partial charge in [0.2, 0.25) is 0 Å². The number of halogens is 4. The normalized spacial score (nSPS) is 13.4. The van der Waals surface area contributed by atoms with E-state index in [4.69, 9.17) is 4.74 Å². The minimum atomic E-state index is -4.17. The average molecular weight is 307 g/mol. The molecule has 0 aliphatic carbocycles. The SMILES string of the molecule is CCCNCC(OCCCC(F)(F)F)c1cccc(F)c1. The summed E-state index contributed by atoms with van der Waals surface area (Å²) < 4.78 is 55.0. The van der Waals surface area contributed by atoms with Crippen molar-refractivity contribution in [2.45, 2.75) is 38.5 Å². The van der Waals surface area contributed by atoms with Crippen molar-refractivity contribution in [2.24, 2.45) is 0 Å². The Kier molecular flexibility index (Phi) is 7.67. The van der Waals surface area contributed by atoms with Crippen LogP contribution in [0.4, 0.5) is 17.6 Å². The van der Waals surface area contributed by atoms with Gasteiger partial charge in [-0.3, -0.25) is 0 Å². The van der Waals surface area contributed by atoms with Crippen molar-refractivity contribution in [2.75, 3.05) is 19.7 Å². The zero-order chi connectivity index (χ0) is 15.7. The monoisotopic (exact) mass is 307 g/mol. The van der Waals surface area contributed by atoms with E-state index >= 15 is 0 Å². The highest BCUT2D eigenvalue weighted by atomic mass is 19.4. The van der Waals surface area contributed by atoms with Gasteiger partial charge in [-0.15, -0.1) is 0 Å². The van der Waals surface area contributed by atoms with E-state index in [-0.39, 0.29) is 18.8 Å². The van der Waals surface area contributed by atoms with Crippen molar-refractivity contribution in [1.29, 1.82) is 0 Å². The van der Waals surface area contributed by atoms with Gasteiger partial charge in [-0.1, -0.05) is 19.1 Å².